The van der Waals surface area contributed by atoms with Gasteiger partial charge in [0.05, 0.1) is 11.4 Å². The van der Waals surface area contributed by atoms with Crippen molar-refractivity contribution in [2.24, 2.45) is 0 Å². The van der Waals surface area contributed by atoms with Crippen LogP contribution in [0, 0.1) is 0 Å². The van der Waals surface area contributed by atoms with Crippen LogP contribution in [0.4, 0.5) is 0 Å². The quantitative estimate of drug-likeness (QED) is 0.153. The van der Waals surface area contributed by atoms with Gasteiger partial charge in [-0.1, -0.05) is 335 Å². The van der Waals surface area contributed by atoms with Crippen molar-refractivity contribution in [3.05, 3.63) is 0 Å². The van der Waals surface area contributed by atoms with Crippen LogP contribution in [0.3, 0.4) is 0 Å². The number of alkyl halides is 23. The molecule has 0 aliphatic heterocycles. The number of halogens is 23. The summed E-state index contributed by atoms with van der Waals surface area (Å²) in [5, 5.41) is 0. The van der Waals surface area contributed by atoms with Crippen LogP contribution >= 0.6 is 366 Å². The molecule has 230 valence electrons. The van der Waals surface area contributed by atoms with Gasteiger partial charge in [0.15, 0.2) is 5.38 Å². The molecule has 0 aliphatic carbocycles. The van der Waals surface area contributed by atoms with Crippen LogP contribution in [0.15, 0.2) is 0 Å². The molecule has 0 aromatic heterocycles. The molecule has 0 aromatic carbocycles. The Hall–Kier alpha value is 11.1. The number of hydrogen-bond acceptors (Lipinski definition) is 3. The highest BCUT2D eigenvalue weighted by atomic mass is 80.0. The van der Waals surface area contributed by atoms with Crippen molar-refractivity contribution in [1.82, 2.24) is 0 Å². The predicted molar refractivity (Wildman–Crippen MR) is 245 cm³/mol. The first kappa shape index (κ1) is 49.1. The fourth-order valence-electron chi connectivity index (χ4n) is 1.88. The van der Waals surface area contributed by atoms with Crippen LogP contribution in [-0.4, -0.2) is 43.4 Å². The van der Waals surface area contributed by atoms with Gasteiger partial charge in [-0.15, -0.1) is 0 Å². The smallest absolute Gasteiger partial charge is 0.219 e. The van der Waals surface area contributed by atoms with E-state index in [2.05, 4.69) is 366 Å². The first-order valence-electron chi connectivity index (χ1n) is 7.55. The van der Waals surface area contributed by atoms with E-state index in [-0.39, 0.29) is 0 Å². The second kappa shape index (κ2) is 16.2. The molecule has 0 heterocycles. The molecule has 1 unspecified atom stereocenters. The van der Waals surface area contributed by atoms with Crippen molar-refractivity contribution in [2.45, 2.75) is 34.7 Å². The number of rotatable bonds is 11. The van der Waals surface area contributed by atoms with Crippen LogP contribution in [-0.2, 0) is 15.5 Å². The SMILES string of the molecule is O=S([O-])OC(Br)(Br)C(Br)(Br)C(Br)(Br)C(Br)(Br)C(Br)(Br)C(Br)(Br)C(Br)(Br)C(Br)(Br)C(Br)(Br)C(Br)(Br)C(Br)(Br)Br. The summed E-state index contributed by atoms with van der Waals surface area (Å²) in [7, 11) is 0. The van der Waals surface area contributed by atoms with Crippen LogP contribution in [0.1, 0.15) is 0 Å². The molecule has 0 saturated carbocycles. The van der Waals surface area contributed by atoms with Gasteiger partial charge in [-0.05, 0) is 31.9 Å². The van der Waals surface area contributed by atoms with Gasteiger partial charge in [0, 0.05) is 0 Å². The van der Waals surface area contributed by atoms with E-state index < -0.39 is 46.0 Å². The lowest BCUT2D eigenvalue weighted by molar-refractivity contribution is 0.247. The van der Waals surface area contributed by atoms with E-state index in [0.29, 0.717) is 0 Å². The largest absolute Gasteiger partial charge is 0.750 e. The maximum Gasteiger partial charge on any atom is 0.219 e. The lowest BCUT2D eigenvalue weighted by atomic mass is 10.0. The minimum Gasteiger partial charge on any atom is -0.750 e. The zero-order valence-electron chi connectivity index (χ0n) is 15.8. The molecule has 0 aromatic rings. The minimum atomic E-state index is -2.91. The highest BCUT2D eigenvalue weighted by Crippen LogP contribution is 2.80. The topological polar surface area (TPSA) is 49.4 Å². The normalized spacial score (nSPS) is 17.6. The summed E-state index contributed by atoms with van der Waals surface area (Å²) < 4.78 is 13.9. The Bertz CT molecular complexity index is 903. The summed E-state index contributed by atoms with van der Waals surface area (Å²) in [6.45, 7) is 0. The molecule has 0 radical (unpaired) electrons. The fourth-order valence-corrected chi connectivity index (χ4v) is 24.3. The Kier molecular flexibility index (Phi) is 21.0. The van der Waals surface area contributed by atoms with Gasteiger partial charge in [-0.25, -0.2) is 4.21 Å². The minimum absolute atomic E-state index is 0.894. The van der Waals surface area contributed by atoms with Gasteiger partial charge in [-0.3, -0.25) is 4.18 Å². The van der Waals surface area contributed by atoms with E-state index in [1.807, 2.05) is 0 Å². The van der Waals surface area contributed by atoms with Crippen molar-refractivity contribution in [3.8, 4) is 0 Å². The third kappa shape index (κ3) is 8.90. The molecule has 0 saturated heterocycles. The van der Waals surface area contributed by atoms with E-state index in [9.17, 15) is 8.76 Å². The molecule has 0 rings (SSSR count). The van der Waals surface area contributed by atoms with Crippen molar-refractivity contribution in [3.63, 3.8) is 0 Å². The van der Waals surface area contributed by atoms with Gasteiger partial charge >= 0.3 is 0 Å². The second-order valence-electron chi connectivity index (χ2n) is 6.47. The number of hydrogen-bond donors (Lipinski definition) is 0. The van der Waals surface area contributed by atoms with Crippen LogP contribution in [0.5, 0.6) is 0 Å². The Morgan fingerprint density at radius 1 is 0.368 bits per heavy atom. The zero-order valence-corrected chi connectivity index (χ0v) is 53.1. The third-order valence-electron chi connectivity index (χ3n) is 4.05. The molecule has 0 amide bonds. The van der Waals surface area contributed by atoms with Gasteiger partial charge in [0.25, 0.3) is 0 Å². The third-order valence-corrected chi connectivity index (χ3v) is 51.8. The van der Waals surface area contributed by atoms with Crippen LogP contribution in [0.2, 0.25) is 0 Å². The predicted octanol–water partition coefficient (Wildman–Crippen LogP) is 16.5. The average molecular weight is 2050 g/mol. The fraction of sp³-hybridized carbons (Fsp3) is 1.00. The lowest BCUT2D eigenvalue weighted by Gasteiger charge is -2.60. The molecule has 0 bridgehead atoms. The maximum absolute atomic E-state index is 11.4. The van der Waals surface area contributed by atoms with Gasteiger partial charge in [-0.2, -0.15) is 0 Å². The summed E-state index contributed by atoms with van der Waals surface area (Å²) in [5.74, 6) is 0. The Balaban J connectivity index is 7.20. The van der Waals surface area contributed by atoms with Crippen molar-refractivity contribution in [2.75, 3.05) is 0 Å². The monoisotopic (exact) mass is 2030 g/mol. The summed E-state index contributed by atoms with van der Waals surface area (Å²) in [6, 6.07) is 0. The highest BCUT2D eigenvalue weighted by Gasteiger charge is 2.81. The summed E-state index contributed by atoms with van der Waals surface area (Å²) >= 11 is 81.9. The molecule has 0 aliphatic rings. The Morgan fingerprint density at radius 2 is 0.553 bits per heavy atom. The molecule has 0 fully saturated rings. The first-order valence-corrected chi connectivity index (χ1v) is 26.8. The Labute approximate surface area is 415 Å². The van der Waals surface area contributed by atoms with Gasteiger partial charge in [0.1, 0.15) is 25.9 Å². The van der Waals surface area contributed by atoms with Crippen molar-refractivity contribution in [1.29, 1.82) is 0 Å². The average Bonchev–Trinajstić information content (AvgIpc) is 2.64. The van der Waals surface area contributed by atoms with Gasteiger partial charge < -0.3 is 4.55 Å². The molecule has 0 spiro atoms. The molecule has 27 heteroatoms. The summed E-state index contributed by atoms with van der Waals surface area (Å²) in [6.07, 6.45) is 0. The standard InChI is InChI=1S/C11HBr23O3S/c12-1(13,2(14,15)4(18,19)6(22,23)8(26,27)10(30,31)32)3(16,17)5(20,21)7(24,25)9(28,29)11(33,34)37-38(35)36/h(H,35,36)/p-1. The molecule has 3 nitrogen and oxygen atoms in total. The highest BCUT2D eigenvalue weighted by molar-refractivity contribution is 9.42. The van der Waals surface area contributed by atoms with E-state index >= 15 is 0 Å². The molecular weight excluding hydrogens is 2050 g/mol. The molecular formula is C11Br23O3S-. The van der Waals surface area contributed by atoms with Gasteiger partial charge in [0.2, 0.25) is 3.42 Å². The van der Waals surface area contributed by atoms with E-state index in [4.69, 9.17) is 4.18 Å². The van der Waals surface area contributed by atoms with E-state index in [0.717, 1.165) is 0 Å². The molecule has 38 heavy (non-hydrogen) atoms. The summed E-state index contributed by atoms with van der Waals surface area (Å²) in [5.41, 5.74) is 0. The second-order valence-corrected chi connectivity index (χ2v) is 48.1. The lowest BCUT2D eigenvalue weighted by Crippen LogP contribution is -2.71. The van der Waals surface area contributed by atoms with E-state index in [1.165, 1.54) is 0 Å². The summed E-state index contributed by atoms with van der Waals surface area (Å²) in [4.78, 5) is 0. The van der Waals surface area contributed by atoms with E-state index in [1.54, 1.807) is 0 Å². The zero-order chi connectivity index (χ0) is 31.8. The Morgan fingerprint density at radius 3 is 0.737 bits per heavy atom. The maximum atomic E-state index is 11.4. The van der Waals surface area contributed by atoms with Crippen LogP contribution < -0.4 is 0 Å². The van der Waals surface area contributed by atoms with Crippen molar-refractivity contribution < 1.29 is 12.9 Å². The first-order chi connectivity index (χ1) is 15.9. The van der Waals surface area contributed by atoms with Crippen LogP contribution in [0.25, 0.3) is 0 Å². The van der Waals surface area contributed by atoms with Crippen molar-refractivity contribution >= 4 is 378 Å². The molecule has 1 atom stereocenters. The molecule has 0 N–H and O–H groups in total.